The van der Waals surface area contributed by atoms with Gasteiger partial charge in [0, 0.05) is 35.8 Å². The van der Waals surface area contributed by atoms with Gasteiger partial charge in [-0.25, -0.2) is 9.97 Å². The third-order valence-corrected chi connectivity index (χ3v) is 5.69. The largest absolute Gasteiger partial charge is 0.356 e. The first-order valence-corrected chi connectivity index (χ1v) is 9.32. The van der Waals surface area contributed by atoms with Crippen LogP contribution in [0, 0.1) is 5.92 Å². The van der Waals surface area contributed by atoms with E-state index < -0.39 is 0 Å². The number of rotatable bonds is 2. The summed E-state index contributed by atoms with van der Waals surface area (Å²) in [5.74, 6) is 2.94. The summed E-state index contributed by atoms with van der Waals surface area (Å²) < 4.78 is 0. The first-order valence-electron chi connectivity index (χ1n) is 8.33. The molecule has 0 spiro atoms. The molecule has 2 aromatic rings. The predicted octanol–water partition coefficient (Wildman–Crippen LogP) is 3.50. The molecule has 3 heterocycles. The van der Waals surface area contributed by atoms with Gasteiger partial charge in [-0.15, -0.1) is 11.8 Å². The molecule has 0 saturated carbocycles. The van der Waals surface area contributed by atoms with Crippen LogP contribution in [0.4, 0.5) is 5.82 Å². The Balaban J connectivity index is 1.71. The normalized spacial score (nSPS) is 21.4. The van der Waals surface area contributed by atoms with E-state index in [1.54, 1.807) is 6.33 Å². The lowest BCUT2D eigenvalue weighted by Crippen LogP contribution is -2.33. The maximum atomic E-state index is 4.61. The first kappa shape index (κ1) is 15.0. The van der Waals surface area contributed by atoms with Crippen molar-refractivity contribution in [3.05, 3.63) is 35.0 Å². The molecule has 4 nitrogen and oxygen atoms in total. The third-order valence-electron chi connectivity index (χ3n) is 4.71. The third kappa shape index (κ3) is 3.21. The molecule has 4 rings (SSSR count). The van der Waals surface area contributed by atoms with Gasteiger partial charge in [0.25, 0.3) is 0 Å². The molecule has 1 aromatic carbocycles. The topological polar surface area (TPSA) is 41.1 Å². The van der Waals surface area contributed by atoms with Crippen LogP contribution in [0.1, 0.15) is 25.3 Å². The monoisotopic (exact) mass is 326 g/mol. The fourth-order valence-corrected chi connectivity index (χ4v) is 4.08. The van der Waals surface area contributed by atoms with Crippen molar-refractivity contribution in [1.82, 2.24) is 15.3 Å². The molecule has 5 heteroatoms. The second-order valence-electron chi connectivity index (χ2n) is 6.47. The first-order chi connectivity index (χ1) is 11.3. The Morgan fingerprint density at radius 3 is 2.91 bits per heavy atom. The summed E-state index contributed by atoms with van der Waals surface area (Å²) in [7, 11) is 0. The van der Waals surface area contributed by atoms with Gasteiger partial charge in [0.1, 0.15) is 12.1 Å². The highest BCUT2D eigenvalue weighted by Crippen LogP contribution is 2.29. The van der Waals surface area contributed by atoms with Crippen LogP contribution in [0.15, 0.2) is 29.4 Å². The Labute approximate surface area is 141 Å². The van der Waals surface area contributed by atoms with Crippen LogP contribution in [0.25, 0.3) is 17.0 Å². The van der Waals surface area contributed by atoms with Crippen LogP contribution >= 0.6 is 11.8 Å². The second-order valence-corrected chi connectivity index (χ2v) is 7.57. The van der Waals surface area contributed by atoms with Crippen molar-refractivity contribution >= 4 is 34.6 Å². The van der Waals surface area contributed by atoms with Crippen molar-refractivity contribution in [1.29, 1.82) is 0 Å². The van der Waals surface area contributed by atoms with Crippen LogP contribution in [0.3, 0.4) is 0 Å². The summed E-state index contributed by atoms with van der Waals surface area (Å²) >= 11 is 1.88. The second kappa shape index (κ2) is 6.49. The molecule has 0 atom stereocenters. The standard InChI is InChI=1S/C18H22N4S/c1-13-4-6-22(7-5-13)18-16-9-14(8-15-10-19-12-23-15)2-3-17(16)20-11-21-18/h2-3,8-9,11,13,19H,4-7,10,12H2,1H3. The van der Waals surface area contributed by atoms with Crippen molar-refractivity contribution in [2.45, 2.75) is 19.8 Å². The molecule has 1 N–H and O–H groups in total. The van der Waals surface area contributed by atoms with Crippen LogP contribution < -0.4 is 10.2 Å². The van der Waals surface area contributed by atoms with E-state index in [2.05, 4.69) is 51.4 Å². The van der Waals surface area contributed by atoms with E-state index in [0.29, 0.717) is 0 Å². The van der Waals surface area contributed by atoms with Gasteiger partial charge in [-0.1, -0.05) is 13.0 Å². The molecule has 2 fully saturated rings. The van der Waals surface area contributed by atoms with E-state index in [1.807, 2.05) is 11.8 Å². The molecule has 0 bridgehead atoms. The minimum absolute atomic E-state index is 0.825. The lowest BCUT2D eigenvalue weighted by Gasteiger charge is -2.31. The zero-order valence-corrected chi connectivity index (χ0v) is 14.3. The van der Waals surface area contributed by atoms with E-state index in [1.165, 1.54) is 28.7 Å². The van der Waals surface area contributed by atoms with E-state index >= 15 is 0 Å². The number of hydrogen-bond acceptors (Lipinski definition) is 5. The van der Waals surface area contributed by atoms with Crippen molar-refractivity contribution in [3.63, 3.8) is 0 Å². The van der Waals surface area contributed by atoms with Gasteiger partial charge < -0.3 is 10.2 Å². The number of thioether (sulfide) groups is 1. The van der Waals surface area contributed by atoms with Gasteiger partial charge in [0.05, 0.1) is 5.52 Å². The quantitative estimate of drug-likeness (QED) is 0.915. The highest BCUT2D eigenvalue weighted by Gasteiger charge is 2.19. The maximum Gasteiger partial charge on any atom is 0.139 e. The molecular weight excluding hydrogens is 304 g/mol. The minimum Gasteiger partial charge on any atom is -0.356 e. The Bertz CT molecular complexity index is 727. The average Bonchev–Trinajstić information content (AvgIpc) is 3.08. The number of anilines is 1. The fourth-order valence-electron chi connectivity index (χ4n) is 3.27. The van der Waals surface area contributed by atoms with Crippen LogP contribution in [0.5, 0.6) is 0 Å². The minimum atomic E-state index is 0.825. The highest BCUT2D eigenvalue weighted by atomic mass is 32.2. The molecule has 0 unspecified atom stereocenters. The molecule has 0 amide bonds. The number of nitrogens with zero attached hydrogens (tertiary/aromatic N) is 3. The molecule has 2 aliphatic rings. The summed E-state index contributed by atoms with van der Waals surface area (Å²) in [6.45, 7) is 5.51. The SMILES string of the molecule is CC1CCN(c2ncnc3ccc(C=C4CNCS4)cc23)CC1. The summed E-state index contributed by atoms with van der Waals surface area (Å²) in [6.07, 6.45) is 6.47. The Morgan fingerprint density at radius 2 is 2.13 bits per heavy atom. The summed E-state index contributed by atoms with van der Waals surface area (Å²) in [6, 6.07) is 6.52. The van der Waals surface area contributed by atoms with Crippen molar-refractivity contribution < 1.29 is 0 Å². The van der Waals surface area contributed by atoms with Crippen molar-refractivity contribution in [3.8, 4) is 0 Å². The molecule has 0 aliphatic carbocycles. The summed E-state index contributed by atoms with van der Waals surface area (Å²) in [4.78, 5) is 12.9. The fraction of sp³-hybridized carbons (Fsp3) is 0.444. The van der Waals surface area contributed by atoms with E-state index in [4.69, 9.17) is 0 Å². The predicted molar refractivity (Wildman–Crippen MR) is 98.6 cm³/mol. The van der Waals surface area contributed by atoms with Gasteiger partial charge in [0.2, 0.25) is 0 Å². The summed E-state index contributed by atoms with van der Waals surface area (Å²) in [5.41, 5.74) is 2.28. The number of hydrogen-bond donors (Lipinski definition) is 1. The molecule has 120 valence electrons. The lowest BCUT2D eigenvalue weighted by atomic mass is 9.99. The molecular formula is C18H22N4S. The maximum absolute atomic E-state index is 4.61. The molecule has 23 heavy (non-hydrogen) atoms. The number of nitrogens with one attached hydrogen (secondary N) is 1. The molecule has 2 saturated heterocycles. The number of fused-ring (bicyclic) bond motifs is 1. The Kier molecular flexibility index (Phi) is 4.23. The van der Waals surface area contributed by atoms with Crippen LogP contribution in [-0.4, -0.2) is 35.5 Å². The zero-order valence-electron chi connectivity index (χ0n) is 13.5. The van der Waals surface area contributed by atoms with E-state index in [-0.39, 0.29) is 0 Å². The van der Waals surface area contributed by atoms with Crippen LogP contribution in [-0.2, 0) is 0 Å². The number of aromatic nitrogens is 2. The van der Waals surface area contributed by atoms with Crippen molar-refractivity contribution in [2.75, 3.05) is 30.4 Å². The van der Waals surface area contributed by atoms with Gasteiger partial charge >= 0.3 is 0 Å². The van der Waals surface area contributed by atoms with E-state index in [9.17, 15) is 0 Å². The van der Waals surface area contributed by atoms with Gasteiger partial charge in [-0.3, -0.25) is 0 Å². The number of benzene rings is 1. The highest BCUT2D eigenvalue weighted by molar-refractivity contribution is 8.03. The summed E-state index contributed by atoms with van der Waals surface area (Å²) in [5, 5.41) is 4.53. The molecule has 0 radical (unpaired) electrons. The average molecular weight is 326 g/mol. The van der Waals surface area contributed by atoms with Crippen LogP contribution in [0.2, 0.25) is 0 Å². The number of piperidine rings is 1. The van der Waals surface area contributed by atoms with Gasteiger partial charge in [-0.2, -0.15) is 0 Å². The van der Waals surface area contributed by atoms with Gasteiger partial charge in [0.15, 0.2) is 0 Å². The zero-order chi connectivity index (χ0) is 15.6. The Morgan fingerprint density at radius 1 is 1.26 bits per heavy atom. The lowest BCUT2D eigenvalue weighted by molar-refractivity contribution is 0.437. The molecule has 2 aliphatic heterocycles. The Hall–Kier alpha value is -1.59. The van der Waals surface area contributed by atoms with E-state index in [0.717, 1.165) is 42.8 Å². The van der Waals surface area contributed by atoms with Crippen molar-refractivity contribution in [2.24, 2.45) is 5.92 Å². The smallest absolute Gasteiger partial charge is 0.139 e. The van der Waals surface area contributed by atoms with Gasteiger partial charge in [-0.05, 0) is 42.5 Å². The molecule has 1 aromatic heterocycles.